The van der Waals surface area contributed by atoms with Crippen molar-refractivity contribution < 1.29 is 14.3 Å². The standard InChI is InChI=1S/C25H27ClN4O3S/c26-19-4-6-22(7-5-19)33-15-24-29-21(16-34-24)13-23(31)28-20-3-1-2-17(12-20)14-30-10-8-18(9-11-30)25(27)32/h1-7,12,16,18H,8-11,13-15H2,(H2,27,32)(H,28,31). The molecule has 0 unspecified atom stereocenters. The van der Waals surface area contributed by atoms with Gasteiger partial charge in [-0.2, -0.15) is 0 Å². The Bertz CT molecular complexity index is 1130. The van der Waals surface area contributed by atoms with Gasteiger partial charge in [-0.05, 0) is 67.9 Å². The van der Waals surface area contributed by atoms with E-state index in [9.17, 15) is 9.59 Å². The van der Waals surface area contributed by atoms with Gasteiger partial charge in [-0.25, -0.2) is 4.98 Å². The number of amides is 2. The molecule has 0 spiro atoms. The van der Waals surface area contributed by atoms with E-state index in [4.69, 9.17) is 22.1 Å². The SMILES string of the molecule is NC(=O)C1CCN(Cc2cccc(NC(=O)Cc3csc(COc4ccc(Cl)cc4)n3)c2)CC1. The molecule has 9 heteroatoms. The fourth-order valence-corrected chi connectivity index (χ4v) is 4.75. The van der Waals surface area contributed by atoms with Crippen LogP contribution < -0.4 is 15.8 Å². The van der Waals surface area contributed by atoms with E-state index in [2.05, 4.69) is 15.2 Å². The number of anilines is 1. The van der Waals surface area contributed by atoms with Crippen molar-refractivity contribution in [3.05, 3.63) is 75.2 Å². The Kier molecular flexibility index (Phi) is 8.16. The summed E-state index contributed by atoms with van der Waals surface area (Å²) in [4.78, 5) is 30.7. The number of aromatic nitrogens is 1. The molecule has 3 N–H and O–H groups in total. The molecular formula is C25H27ClN4O3S. The number of nitrogens with one attached hydrogen (secondary N) is 1. The molecule has 7 nitrogen and oxygen atoms in total. The molecule has 1 saturated heterocycles. The Morgan fingerprint density at radius 1 is 1.18 bits per heavy atom. The average Bonchev–Trinajstić information content (AvgIpc) is 3.26. The van der Waals surface area contributed by atoms with Crippen LogP contribution in [0.25, 0.3) is 0 Å². The first kappa shape index (κ1) is 24.2. The summed E-state index contributed by atoms with van der Waals surface area (Å²) in [5.74, 6) is 0.383. The highest BCUT2D eigenvalue weighted by molar-refractivity contribution is 7.09. The minimum atomic E-state index is -0.203. The molecule has 1 aliphatic heterocycles. The van der Waals surface area contributed by atoms with Gasteiger partial charge in [0.25, 0.3) is 0 Å². The number of hydrogen-bond acceptors (Lipinski definition) is 6. The summed E-state index contributed by atoms with van der Waals surface area (Å²) in [6.45, 7) is 2.81. The summed E-state index contributed by atoms with van der Waals surface area (Å²) >= 11 is 7.35. The number of ether oxygens (including phenoxy) is 1. The van der Waals surface area contributed by atoms with Crippen LogP contribution in [-0.4, -0.2) is 34.8 Å². The molecule has 34 heavy (non-hydrogen) atoms. The zero-order valence-corrected chi connectivity index (χ0v) is 20.3. The van der Waals surface area contributed by atoms with Crippen LogP contribution in [0.15, 0.2) is 53.9 Å². The molecule has 1 aromatic heterocycles. The largest absolute Gasteiger partial charge is 0.486 e. The lowest BCUT2D eigenvalue weighted by Gasteiger charge is -2.30. The number of thiazole rings is 1. The molecular weight excluding hydrogens is 472 g/mol. The van der Waals surface area contributed by atoms with Crippen molar-refractivity contribution in [1.82, 2.24) is 9.88 Å². The molecule has 0 saturated carbocycles. The maximum atomic E-state index is 12.6. The van der Waals surface area contributed by atoms with Crippen LogP contribution in [0, 0.1) is 5.92 Å². The number of nitrogens with two attached hydrogens (primary N) is 1. The lowest BCUT2D eigenvalue weighted by Crippen LogP contribution is -2.38. The molecule has 4 rings (SSSR count). The Morgan fingerprint density at radius 2 is 1.94 bits per heavy atom. The monoisotopic (exact) mass is 498 g/mol. The van der Waals surface area contributed by atoms with Gasteiger partial charge in [0.05, 0.1) is 12.1 Å². The minimum absolute atomic E-state index is 0.0166. The van der Waals surface area contributed by atoms with Gasteiger partial charge >= 0.3 is 0 Å². The number of rotatable bonds is 9. The summed E-state index contributed by atoms with van der Waals surface area (Å²) in [6, 6.07) is 15.0. The van der Waals surface area contributed by atoms with Gasteiger partial charge in [0.1, 0.15) is 17.4 Å². The third-order valence-corrected chi connectivity index (χ3v) is 6.85. The van der Waals surface area contributed by atoms with Crippen molar-refractivity contribution in [3.63, 3.8) is 0 Å². The van der Waals surface area contributed by atoms with Crippen LogP contribution in [0.3, 0.4) is 0 Å². The van der Waals surface area contributed by atoms with E-state index in [0.717, 1.165) is 54.5 Å². The van der Waals surface area contributed by atoms with E-state index >= 15 is 0 Å². The summed E-state index contributed by atoms with van der Waals surface area (Å²) in [6.07, 6.45) is 1.79. The van der Waals surface area contributed by atoms with Crippen molar-refractivity contribution in [2.45, 2.75) is 32.4 Å². The second-order valence-corrected chi connectivity index (χ2v) is 9.73. The van der Waals surface area contributed by atoms with Crippen LogP contribution in [0.4, 0.5) is 5.69 Å². The number of likely N-dealkylation sites (tertiary alicyclic amines) is 1. The summed E-state index contributed by atoms with van der Waals surface area (Å²) in [5, 5.41) is 6.31. The lowest BCUT2D eigenvalue weighted by atomic mass is 9.96. The topological polar surface area (TPSA) is 97.6 Å². The molecule has 2 aromatic carbocycles. The Hall–Kier alpha value is -2.94. The first-order valence-electron chi connectivity index (χ1n) is 11.2. The number of piperidine rings is 1. The normalized spacial score (nSPS) is 14.6. The van der Waals surface area contributed by atoms with Crippen molar-refractivity contribution in [3.8, 4) is 5.75 Å². The fraction of sp³-hybridized carbons (Fsp3) is 0.320. The second-order valence-electron chi connectivity index (χ2n) is 8.35. The van der Waals surface area contributed by atoms with Crippen LogP contribution in [0.2, 0.25) is 5.02 Å². The van der Waals surface area contributed by atoms with E-state index in [-0.39, 0.29) is 24.2 Å². The van der Waals surface area contributed by atoms with E-state index in [1.807, 2.05) is 41.8 Å². The van der Waals surface area contributed by atoms with Crippen molar-refractivity contribution >= 4 is 40.4 Å². The number of primary amides is 1. The van der Waals surface area contributed by atoms with Crippen LogP contribution in [-0.2, 0) is 29.2 Å². The van der Waals surface area contributed by atoms with Gasteiger partial charge in [0.2, 0.25) is 11.8 Å². The molecule has 0 aliphatic carbocycles. The van der Waals surface area contributed by atoms with Crippen molar-refractivity contribution in [2.24, 2.45) is 11.7 Å². The smallest absolute Gasteiger partial charge is 0.230 e. The van der Waals surface area contributed by atoms with Gasteiger partial charge in [-0.1, -0.05) is 23.7 Å². The Morgan fingerprint density at radius 3 is 2.68 bits per heavy atom. The molecule has 1 fully saturated rings. The number of carbonyl (C=O) groups excluding carboxylic acids is 2. The summed E-state index contributed by atoms with van der Waals surface area (Å²) < 4.78 is 5.72. The van der Waals surface area contributed by atoms with Gasteiger partial charge in [0, 0.05) is 28.6 Å². The number of benzene rings is 2. The minimum Gasteiger partial charge on any atom is -0.486 e. The molecule has 0 radical (unpaired) electrons. The first-order valence-corrected chi connectivity index (χ1v) is 12.4. The highest BCUT2D eigenvalue weighted by Crippen LogP contribution is 2.21. The van der Waals surface area contributed by atoms with E-state index in [1.165, 1.54) is 11.3 Å². The van der Waals surface area contributed by atoms with Gasteiger partial charge in [-0.3, -0.25) is 14.5 Å². The maximum Gasteiger partial charge on any atom is 0.230 e. The summed E-state index contributed by atoms with van der Waals surface area (Å²) in [5.41, 5.74) is 8.01. The van der Waals surface area contributed by atoms with Gasteiger partial charge in [0.15, 0.2) is 0 Å². The van der Waals surface area contributed by atoms with Crippen LogP contribution in [0.5, 0.6) is 5.75 Å². The maximum absolute atomic E-state index is 12.6. The average molecular weight is 499 g/mol. The number of nitrogens with zero attached hydrogens (tertiary/aromatic N) is 2. The van der Waals surface area contributed by atoms with Gasteiger partial charge < -0.3 is 15.8 Å². The highest BCUT2D eigenvalue weighted by Gasteiger charge is 2.23. The van der Waals surface area contributed by atoms with Crippen molar-refractivity contribution in [1.29, 1.82) is 0 Å². The van der Waals surface area contributed by atoms with E-state index in [1.54, 1.807) is 12.1 Å². The van der Waals surface area contributed by atoms with Crippen molar-refractivity contribution in [2.75, 3.05) is 18.4 Å². The van der Waals surface area contributed by atoms with E-state index < -0.39 is 0 Å². The molecule has 178 valence electrons. The second kappa shape index (κ2) is 11.5. The van der Waals surface area contributed by atoms with Crippen LogP contribution in [0.1, 0.15) is 29.1 Å². The quantitative estimate of drug-likeness (QED) is 0.459. The molecule has 2 amide bonds. The number of carbonyl (C=O) groups is 2. The number of halogens is 1. The lowest BCUT2D eigenvalue weighted by molar-refractivity contribution is -0.123. The predicted molar refractivity (Wildman–Crippen MR) is 134 cm³/mol. The van der Waals surface area contributed by atoms with Gasteiger partial charge in [-0.15, -0.1) is 11.3 Å². The molecule has 1 aliphatic rings. The highest BCUT2D eigenvalue weighted by atomic mass is 35.5. The molecule has 2 heterocycles. The number of hydrogen-bond donors (Lipinski definition) is 2. The Labute approximate surface area is 207 Å². The molecule has 0 atom stereocenters. The third-order valence-electron chi connectivity index (χ3n) is 5.72. The molecule has 0 bridgehead atoms. The zero-order chi connectivity index (χ0) is 23.9. The van der Waals surface area contributed by atoms with Crippen LogP contribution >= 0.6 is 22.9 Å². The molecule has 3 aromatic rings. The van der Waals surface area contributed by atoms with E-state index in [0.29, 0.717) is 17.3 Å². The summed E-state index contributed by atoms with van der Waals surface area (Å²) in [7, 11) is 0. The predicted octanol–water partition coefficient (Wildman–Crippen LogP) is 4.25. The Balaban J connectivity index is 1.25. The third kappa shape index (κ3) is 7.03. The zero-order valence-electron chi connectivity index (χ0n) is 18.7. The first-order chi connectivity index (χ1) is 16.4. The fourth-order valence-electron chi connectivity index (χ4n) is 3.92.